The molecular weight excluding hydrogens is 474 g/mol. The van der Waals surface area contributed by atoms with E-state index in [0.29, 0.717) is 25.8 Å². The lowest BCUT2D eigenvalue weighted by Crippen LogP contribution is -2.25. The van der Waals surface area contributed by atoms with E-state index in [0.717, 1.165) is 44.1 Å². The molecule has 0 spiro atoms. The maximum absolute atomic E-state index is 12.0. The molecule has 0 aliphatic rings. The Balaban J connectivity index is 1.99. The number of aryl methyl sites for hydroxylation is 1. The fourth-order valence-corrected chi connectivity index (χ4v) is 3.30. The van der Waals surface area contributed by atoms with Crippen LogP contribution in [0.25, 0.3) is 0 Å². The van der Waals surface area contributed by atoms with E-state index < -0.39 is 5.97 Å². The quantitative estimate of drug-likeness (QED) is 0.111. The summed E-state index contributed by atoms with van der Waals surface area (Å²) in [6.07, 6.45) is 33.4. The summed E-state index contributed by atoms with van der Waals surface area (Å²) in [7, 11) is 0. The summed E-state index contributed by atoms with van der Waals surface area (Å²) in [4.78, 5) is 23.9. The van der Waals surface area contributed by atoms with Crippen molar-refractivity contribution in [3.05, 3.63) is 102 Å². The van der Waals surface area contributed by atoms with Gasteiger partial charge in [-0.25, -0.2) is 4.79 Å². The van der Waals surface area contributed by atoms with Crippen LogP contribution in [0.2, 0.25) is 0 Å². The number of hydrogen-bond acceptors (Lipinski definition) is 4. The third kappa shape index (κ3) is 17.8. The van der Waals surface area contributed by atoms with E-state index >= 15 is 0 Å². The largest absolute Gasteiger partial charge is 0.507 e. The van der Waals surface area contributed by atoms with Gasteiger partial charge in [-0.05, 0) is 76.0 Å². The van der Waals surface area contributed by atoms with Gasteiger partial charge in [-0.2, -0.15) is 0 Å². The van der Waals surface area contributed by atoms with Crippen molar-refractivity contribution in [3.63, 3.8) is 0 Å². The first-order chi connectivity index (χ1) is 18.5. The van der Waals surface area contributed by atoms with Crippen molar-refractivity contribution in [1.82, 2.24) is 5.32 Å². The molecule has 0 atom stereocenters. The number of allylic oxidation sites excluding steroid dienone is 12. The number of rotatable bonds is 19. The predicted molar refractivity (Wildman–Crippen MR) is 158 cm³/mol. The Morgan fingerprint density at radius 1 is 0.816 bits per heavy atom. The van der Waals surface area contributed by atoms with E-state index in [2.05, 4.69) is 79.1 Å². The van der Waals surface area contributed by atoms with Crippen LogP contribution < -0.4 is 5.32 Å². The van der Waals surface area contributed by atoms with Gasteiger partial charge in [0.15, 0.2) is 0 Å². The number of phenols is 1. The zero-order chi connectivity index (χ0) is 27.7. The highest BCUT2D eigenvalue weighted by atomic mass is 16.5. The second-order valence-corrected chi connectivity index (χ2v) is 8.81. The van der Waals surface area contributed by atoms with Crippen LogP contribution in [0.4, 0.5) is 0 Å². The fourth-order valence-electron chi connectivity index (χ4n) is 3.30. The summed E-state index contributed by atoms with van der Waals surface area (Å²) in [5.41, 5.74) is 1.02. The van der Waals surface area contributed by atoms with Crippen molar-refractivity contribution < 1.29 is 19.4 Å². The van der Waals surface area contributed by atoms with Crippen LogP contribution in [0.1, 0.15) is 80.6 Å². The molecule has 206 valence electrons. The molecule has 38 heavy (non-hydrogen) atoms. The van der Waals surface area contributed by atoms with E-state index in [-0.39, 0.29) is 23.8 Å². The van der Waals surface area contributed by atoms with Gasteiger partial charge in [0.1, 0.15) is 11.3 Å². The van der Waals surface area contributed by atoms with E-state index in [4.69, 9.17) is 4.74 Å². The highest BCUT2D eigenvalue weighted by molar-refractivity contribution is 5.92. The summed E-state index contributed by atoms with van der Waals surface area (Å²) < 4.78 is 5.15. The van der Waals surface area contributed by atoms with Crippen LogP contribution >= 0.6 is 0 Å². The van der Waals surface area contributed by atoms with Gasteiger partial charge in [-0.15, -0.1) is 0 Å². The lowest BCUT2D eigenvalue weighted by atomic mass is 10.1. The summed E-state index contributed by atoms with van der Waals surface area (Å²) in [5.74, 6) is -0.670. The van der Waals surface area contributed by atoms with E-state index in [1.54, 1.807) is 12.1 Å². The molecule has 5 heteroatoms. The number of esters is 1. The number of carbonyl (C=O) groups excluding carboxylic acids is 2. The van der Waals surface area contributed by atoms with Gasteiger partial charge >= 0.3 is 5.97 Å². The highest BCUT2D eigenvalue weighted by Gasteiger charge is 2.12. The number of aromatic hydroxyl groups is 1. The number of amides is 1. The van der Waals surface area contributed by atoms with Gasteiger partial charge in [0, 0.05) is 13.0 Å². The van der Waals surface area contributed by atoms with Gasteiger partial charge in [0.25, 0.3) is 0 Å². The summed E-state index contributed by atoms with van der Waals surface area (Å²) in [6, 6.07) is 4.81. The van der Waals surface area contributed by atoms with Crippen LogP contribution in [0.3, 0.4) is 0 Å². The molecule has 0 radical (unpaired) electrons. The molecule has 1 rings (SSSR count). The van der Waals surface area contributed by atoms with Crippen LogP contribution in [0.15, 0.2) is 91.1 Å². The third-order valence-electron chi connectivity index (χ3n) is 5.38. The Bertz CT molecular complexity index is 983. The first-order valence-corrected chi connectivity index (χ1v) is 13.7. The van der Waals surface area contributed by atoms with Crippen molar-refractivity contribution in [3.8, 4) is 5.75 Å². The van der Waals surface area contributed by atoms with Crippen LogP contribution in [0, 0.1) is 6.92 Å². The zero-order valence-electron chi connectivity index (χ0n) is 23.1. The molecule has 1 aromatic carbocycles. The van der Waals surface area contributed by atoms with Crippen LogP contribution in [-0.4, -0.2) is 30.1 Å². The fraction of sp³-hybridized carbons (Fsp3) is 0.394. The third-order valence-corrected chi connectivity index (χ3v) is 5.38. The molecule has 0 aliphatic heterocycles. The van der Waals surface area contributed by atoms with Gasteiger partial charge in [-0.3, -0.25) is 4.79 Å². The van der Waals surface area contributed by atoms with Crippen molar-refractivity contribution in [2.45, 2.75) is 71.6 Å². The molecule has 2 N–H and O–H groups in total. The highest BCUT2D eigenvalue weighted by Crippen LogP contribution is 2.19. The number of benzene rings is 1. The van der Waals surface area contributed by atoms with Gasteiger partial charge < -0.3 is 15.2 Å². The average Bonchev–Trinajstić information content (AvgIpc) is 2.89. The SMILES string of the molecule is CC/C=C\C/C=C\C/C=C\C/C=C\C/C=C\C/C=C\CCC(=O)NCCCOC(=O)c1ccc(C)cc1O. The Kier molecular flexibility index (Phi) is 19.3. The second kappa shape index (κ2) is 22.6. The summed E-state index contributed by atoms with van der Waals surface area (Å²) in [6.45, 7) is 4.60. The van der Waals surface area contributed by atoms with E-state index in [1.807, 2.05) is 13.0 Å². The zero-order valence-corrected chi connectivity index (χ0v) is 23.1. The van der Waals surface area contributed by atoms with Crippen molar-refractivity contribution in [2.75, 3.05) is 13.2 Å². The lowest BCUT2D eigenvalue weighted by Gasteiger charge is -2.07. The van der Waals surface area contributed by atoms with E-state index in [9.17, 15) is 14.7 Å². The molecule has 0 fully saturated rings. The first-order valence-electron chi connectivity index (χ1n) is 13.7. The average molecular weight is 520 g/mol. The molecule has 5 nitrogen and oxygen atoms in total. The Morgan fingerprint density at radius 3 is 1.87 bits per heavy atom. The Hall–Kier alpha value is -3.60. The minimum absolute atomic E-state index is 0.0213. The standard InChI is InChI=1S/C33H45NO4/c1-3-4-5-6-7-8-9-10-11-12-13-14-15-16-17-18-19-20-21-23-32(36)34-26-22-27-38-33(37)30-25-24-29(2)28-31(30)35/h4-5,7-8,10-11,13-14,16-17,19-20,24-25,28,35H,3,6,9,12,15,18,21-23,26-27H2,1-2H3,(H,34,36)/b5-4-,8-7-,11-10-,14-13-,17-16-,20-19-. The molecule has 0 unspecified atom stereocenters. The summed E-state index contributed by atoms with van der Waals surface area (Å²) in [5, 5.41) is 12.6. The topological polar surface area (TPSA) is 75.6 Å². The number of ether oxygens (including phenoxy) is 1. The number of hydrogen-bond donors (Lipinski definition) is 2. The van der Waals surface area contributed by atoms with Crippen molar-refractivity contribution >= 4 is 11.9 Å². The molecule has 0 saturated carbocycles. The van der Waals surface area contributed by atoms with Crippen molar-refractivity contribution in [2.24, 2.45) is 0 Å². The van der Waals surface area contributed by atoms with Crippen LogP contribution in [0.5, 0.6) is 5.75 Å². The summed E-state index contributed by atoms with van der Waals surface area (Å²) >= 11 is 0. The lowest BCUT2D eigenvalue weighted by molar-refractivity contribution is -0.121. The normalized spacial score (nSPS) is 12.3. The minimum Gasteiger partial charge on any atom is -0.507 e. The molecule has 1 aromatic rings. The Morgan fingerprint density at radius 2 is 1.34 bits per heavy atom. The molecule has 1 amide bonds. The van der Waals surface area contributed by atoms with Crippen molar-refractivity contribution in [1.29, 1.82) is 0 Å². The molecular formula is C33H45NO4. The molecule has 0 aromatic heterocycles. The van der Waals surface area contributed by atoms with E-state index in [1.165, 1.54) is 6.07 Å². The van der Waals surface area contributed by atoms with Crippen LogP contribution in [-0.2, 0) is 9.53 Å². The monoisotopic (exact) mass is 519 g/mol. The smallest absolute Gasteiger partial charge is 0.341 e. The number of nitrogens with one attached hydrogen (secondary N) is 1. The molecule has 0 saturated heterocycles. The number of phenolic OH excluding ortho intramolecular Hbond substituents is 1. The van der Waals surface area contributed by atoms with Gasteiger partial charge in [-0.1, -0.05) is 85.9 Å². The Labute approximate surface area is 229 Å². The maximum Gasteiger partial charge on any atom is 0.341 e. The molecule has 0 heterocycles. The number of carbonyl (C=O) groups is 2. The minimum atomic E-state index is -0.563. The second-order valence-electron chi connectivity index (χ2n) is 8.81. The van der Waals surface area contributed by atoms with Gasteiger partial charge in [0.05, 0.1) is 6.61 Å². The predicted octanol–water partition coefficient (Wildman–Crippen LogP) is 7.84. The molecule has 0 bridgehead atoms. The van der Waals surface area contributed by atoms with Gasteiger partial charge in [0.2, 0.25) is 5.91 Å². The molecule has 0 aliphatic carbocycles. The first kappa shape index (κ1) is 32.4. The maximum atomic E-state index is 12.0.